The van der Waals surface area contributed by atoms with E-state index in [9.17, 15) is 4.79 Å². The molecule has 0 radical (unpaired) electrons. The summed E-state index contributed by atoms with van der Waals surface area (Å²) in [6.45, 7) is 1.90. The van der Waals surface area contributed by atoms with E-state index in [1.807, 2.05) is 19.1 Å². The van der Waals surface area contributed by atoms with E-state index in [1.54, 1.807) is 19.2 Å². The predicted molar refractivity (Wildman–Crippen MR) is 60.2 cm³/mol. The molecule has 0 heterocycles. The van der Waals surface area contributed by atoms with Crippen molar-refractivity contribution in [2.45, 2.75) is 25.8 Å². The fourth-order valence-electron chi connectivity index (χ4n) is 1.30. The Labute approximate surface area is 90.2 Å². The first-order valence-corrected chi connectivity index (χ1v) is 5.06. The van der Waals surface area contributed by atoms with E-state index in [0.717, 1.165) is 6.42 Å². The fourth-order valence-corrected chi connectivity index (χ4v) is 1.30. The van der Waals surface area contributed by atoms with Crippen molar-refractivity contribution in [3.8, 4) is 5.75 Å². The molecule has 0 aliphatic carbocycles. The molecule has 3 heteroatoms. The number of ketones is 1. The molecule has 82 valence electrons. The molecule has 1 rings (SSSR count). The van der Waals surface area contributed by atoms with Gasteiger partial charge in [-0.05, 0) is 25.5 Å². The second-order valence-electron chi connectivity index (χ2n) is 3.67. The highest BCUT2D eigenvalue weighted by Crippen LogP contribution is 2.14. The number of ether oxygens (including phenoxy) is 1. The van der Waals surface area contributed by atoms with E-state index >= 15 is 0 Å². The molecule has 1 aromatic carbocycles. The largest absolute Gasteiger partial charge is 0.497 e. The third kappa shape index (κ3) is 3.72. The van der Waals surface area contributed by atoms with Gasteiger partial charge in [0.15, 0.2) is 5.78 Å². The van der Waals surface area contributed by atoms with Crippen molar-refractivity contribution in [1.82, 2.24) is 0 Å². The number of carbonyl (C=O) groups is 1. The minimum atomic E-state index is 0.0690. The van der Waals surface area contributed by atoms with E-state index in [4.69, 9.17) is 10.5 Å². The van der Waals surface area contributed by atoms with Crippen LogP contribution in [0.25, 0.3) is 0 Å². The second kappa shape index (κ2) is 5.51. The first-order valence-electron chi connectivity index (χ1n) is 5.06. The fraction of sp³-hybridized carbons (Fsp3) is 0.417. The zero-order chi connectivity index (χ0) is 11.3. The van der Waals surface area contributed by atoms with Gasteiger partial charge >= 0.3 is 0 Å². The normalized spacial score (nSPS) is 12.2. The molecule has 0 saturated carbocycles. The molecule has 0 amide bonds. The molecule has 0 aliphatic heterocycles. The summed E-state index contributed by atoms with van der Waals surface area (Å²) in [7, 11) is 1.59. The van der Waals surface area contributed by atoms with Crippen LogP contribution in [0.1, 0.15) is 30.1 Å². The Balaban J connectivity index is 2.65. The summed E-state index contributed by atoms with van der Waals surface area (Å²) in [6, 6.07) is 7.26. The molecule has 15 heavy (non-hydrogen) atoms. The van der Waals surface area contributed by atoms with E-state index < -0.39 is 0 Å². The van der Waals surface area contributed by atoms with Gasteiger partial charge in [-0.1, -0.05) is 12.1 Å². The van der Waals surface area contributed by atoms with Crippen molar-refractivity contribution in [1.29, 1.82) is 0 Å². The third-order valence-electron chi connectivity index (χ3n) is 2.22. The Morgan fingerprint density at radius 1 is 1.53 bits per heavy atom. The summed E-state index contributed by atoms with van der Waals surface area (Å²) >= 11 is 0. The van der Waals surface area contributed by atoms with Crippen LogP contribution in [-0.2, 0) is 0 Å². The Bertz CT molecular complexity index is 334. The van der Waals surface area contributed by atoms with Crippen LogP contribution in [0.2, 0.25) is 0 Å². The first-order chi connectivity index (χ1) is 7.13. The van der Waals surface area contributed by atoms with Crippen LogP contribution in [0, 0.1) is 0 Å². The third-order valence-corrected chi connectivity index (χ3v) is 2.22. The zero-order valence-electron chi connectivity index (χ0n) is 9.19. The molecule has 0 fully saturated rings. The maximum Gasteiger partial charge on any atom is 0.163 e. The minimum absolute atomic E-state index is 0.0690. The lowest BCUT2D eigenvalue weighted by molar-refractivity contribution is 0.0977. The maximum absolute atomic E-state index is 11.7. The van der Waals surface area contributed by atoms with Crippen LogP contribution >= 0.6 is 0 Å². The number of Topliss-reactive ketones (excluding diaryl/α,β-unsaturated/α-hetero) is 1. The molecule has 1 atom stereocenters. The summed E-state index contributed by atoms with van der Waals surface area (Å²) < 4.78 is 5.05. The monoisotopic (exact) mass is 207 g/mol. The Morgan fingerprint density at radius 3 is 2.87 bits per heavy atom. The van der Waals surface area contributed by atoms with Crippen LogP contribution in [0.3, 0.4) is 0 Å². The van der Waals surface area contributed by atoms with Crippen LogP contribution in [0.15, 0.2) is 24.3 Å². The molecule has 0 bridgehead atoms. The highest BCUT2D eigenvalue weighted by Gasteiger charge is 2.07. The van der Waals surface area contributed by atoms with Crippen LogP contribution in [0.5, 0.6) is 5.75 Å². The van der Waals surface area contributed by atoms with E-state index in [-0.39, 0.29) is 11.8 Å². The minimum Gasteiger partial charge on any atom is -0.497 e. The van der Waals surface area contributed by atoms with Crippen molar-refractivity contribution in [2.75, 3.05) is 7.11 Å². The van der Waals surface area contributed by atoms with Gasteiger partial charge in [-0.15, -0.1) is 0 Å². The predicted octanol–water partition coefficient (Wildman–Crippen LogP) is 2.01. The van der Waals surface area contributed by atoms with Gasteiger partial charge in [0.25, 0.3) is 0 Å². The summed E-state index contributed by atoms with van der Waals surface area (Å²) in [4.78, 5) is 11.7. The van der Waals surface area contributed by atoms with Gasteiger partial charge in [-0.25, -0.2) is 0 Å². The number of nitrogens with two attached hydrogens (primary N) is 1. The van der Waals surface area contributed by atoms with E-state index in [2.05, 4.69) is 0 Å². The highest BCUT2D eigenvalue weighted by atomic mass is 16.5. The van der Waals surface area contributed by atoms with Gasteiger partial charge in [0.05, 0.1) is 7.11 Å². The van der Waals surface area contributed by atoms with Crippen molar-refractivity contribution >= 4 is 5.78 Å². The molecule has 0 saturated heterocycles. The van der Waals surface area contributed by atoms with Crippen molar-refractivity contribution < 1.29 is 9.53 Å². The Morgan fingerprint density at radius 2 is 2.27 bits per heavy atom. The average molecular weight is 207 g/mol. The molecule has 3 nitrogen and oxygen atoms in total. The van der Waals surface area contributed by atoms with Gasteiger partial charge in [-0.2, -0.15) is 0 Å². The van der Waals surface area contributed by atoms with Gasteiger partial charge < -0.3 is 10.5 Å². The molecule has 1 unspecified atom stereocenters. The van der Waals surface area contributed by atoms with Gasteiger partial charge in [-0.3, -0.25) is 4.79 Å². The summed E-state index contributed by atoms with van der Waals surface area (Å²) in [5.74, 6) is 0.827. The Kier molecular flexibility index (Phi) is 4.31. The molecule has 0 aromatic heterocycles. The molecular formula is C12H17NO2. The highest BCUT2D eigenvalue weighted by molar-refractivity contribution is 5.96. The van der Waals surface area contributed by atoms with E-state index in [1.165, 1.54) is 0 Å². The molecule has 0 spiro atoms. The van der Waals surface area contributed by atoms with Crippen LogP contribution in [-0.4, -0.2) is 18.9 Å². The smallest absolute Gasteiger partial charge is 0.163 e. The van der Waals surface area contributed by atoms with Crippen molar-refractivity contribution in [3.63, 3.8) is 0 Å². The number of hydrogen-bond donors (Lipinski definition) is 1. The summed E-state index contributed by atoms with van der Waals surface area (Å²) in [6.07, 6.45) is 1.21. The lowest BCUT2D eigenvalue weighted by Crippen LogP contribution is -2.16. The molecule has 2 N–H and O–H groups in total. The Hall–Kier alpha value is -1.35. The molecule has 0 aliphatic rings. The van der Waals surface area contributed by atoms with Crippen LogP contribution < -0.4 is 10.5 Å². The van der Waals surface area contributed by atoms with Gasteiger partial charge in [0.1, 0.15) is 5.75 Å². The lowest BCUT2D eigenvalue weighted by Gasteiger charge is -2.05. The van der Waals surface area contributed by atoms with Crippen molar-refractivity contribution in [2.24, 2.45) is 5.73 Å². The lowest BCUT2D eigenvalue weighted by atomic mass is 10.0. The van der Waals surface area contributed by atoms with Gasteiger partial charge in [0.2, 0.25) is 0 Å². The number of hydrogen-bond acceptors (Lipinski definition) is 3. The average Bonchev–Trinajstić information content (AvgIpc) is 2.26. The SMILES string of the molecule is COc1cccc(C(=O)CCC(C)N)c1. The zero-order valence-corrected chi connectivity index (χ0v) is 9.19. The number of methoxy groups -OCH3 is 1. The maximum atomic E-state index is 11.7. The quantitative estimate of drug-likeness (QED) is 0.751. The summed E-state index contributed by atoms with van der Waals surface area (Å²) in [5, 5.41) is 0. The molecule has 1 aromatic rings. The summed E-state index contributed by atoms with van der Waals surface area (Å²) in [5.41, 5.74) is 6.29. The van der Waals surface area contributed by atoms with Crippen molar-refractivity contribution in [3.05, 3.63) is 29.8 Å². The number of benzene rings is 1. The van der Waals surface area contributed by atoms with E-state index in [0.29, 0.717) is 17.7 Å². The second-order valence-corrected chi connectivity index (χ2v) is 3.67. The molecular weight excluding hydrogens is 190 g/mol. The first kappa shape index (κ1) is 11.7. The number of carbonyl (C=O) groups excluding carboxylic acids is 1. The number of rotatable bonds is 5. The standard InChI is InChI=1S/C12H17NO2/c1-9(13)6-7-12(14)10-4-3-5-11(8-10)15-2/h3-5,8-9H,6-7,13H2,1-2H3. The van der Waals surface area contributed by atoms with Crippen LogP contribution in [0.4, 0.5) is 0 Å². The topological polar surface area (TPSA) is 52.3 Å². The van der Waals surface area contributed by atoms with Gasteiger partial charge in [0, 0.05) is 18.0 Å².